The van der Waals surface area contributed by atoms with Crippen molar-refractivity contribution in [2.45, 2.75) is 26.7 Å². The first-order valence-corrected chi connectivity index (χ1v) is 11.1. The van der Waals surface area contributed by atoms with E-state index in [4.69, 9.17) is 0 Å². The molecule has 1 aliphatic rings. The Balaban J connectivity index is 1.49. The minimum Gasteiger partial charge on any atom is -0.353 e. The zero-order valence-electron chi connectivity index (χ0n) is 17.6. The van der Waals surface area contributed by atoms with Crippen molar-refractivity contribution in [1.82, 2.24) is 29.7 Å². The van der Waals surface area contributed by atoms with E-state index >= 15 is 0 Å². The number of hydrogen-bond donors (Lipinski definition) is 1. The van der Waals surface area contributed by atoms with Gasteiger partial charge in [0.1, 0.15) is 0 Å². The maximum absolute atomic E-state index is 12.3. The summed E-state index contributed by atoms with van der Waals surface area (Å²) in [6.45, 7) is 11.3. The molecule has 0 bridgehead atoms. The molecule has 1 amide bonds. The summed E-state index contributed by atoms with van der Waals surface area (Å²) in [7, 11) is 1.80. The van der Waals surface area contributed by atoms with E-state index in [2.05, 4.69) is 39.0 Å². The normalized spacial score (nSPS) is 15.7. The highest BCUT2D eigenvalue weighted by molar-refractivity contribution is 7.20. The smallest absolute Gasteiger partial charge is 0.275 e. The van der Waals surface area contributed by atoms with Crippen molar-refractivity contribution in [3.8, 4) is 0 Å². The zero-order valence-corrected chi connectivity index (χ0v) is 18.4. The van der Waals surface area contributed by atoms with Gasteiger partial charge in [0.25, 0.3) is 5.56 Å². The van der Waals surface area contributed by atoms with Gasteiger partial charge < -0.3 is 15.1 Å². The van der Waals surface area contributed by atoms with Crippen molar-refractivity contribution in [1.29, 1.82) is 0 Å². The van der Waals surface area contributed by atoms with Crippen molar-refractivity contribution < 1.29 is 4.79 Å². The van der Waals surface area contributed by atoms with E-state index in [9.17, 15) is 9.59 Å². The van der Waals surface area contributed by atoms with E-state index in [-0.39, 0.29) is 18.0 Å². The summed E-state index contributed by atoms with van der Waals surface area (Å²) in [5.41, 5.74) is 0.606. The molecule has 0 unspecified atom stereocenters. The Labute approximate surface area is 175 Å². The van der Waals surface area contributed by atoms with Crippen molar-refractivity contribution in [3.05, 3.63) is 22.1 Å². The van der Waals surface area contributed by atoms with Crippen LogP contribution in [0, 0.1) is 0 Å². The molecule has 1 aliphatic heterocycles. The summed E-state index contributed by atoms with van der Waals surface area (Å²) in [5, 5.41) is 7.92. The van der Waals surface area contributed by atoms with Gasteiger partial charge in [0.05, 0.1) is 6.54 Å². The lowest BCUT2D eigenvalue weighted by molar-refractivity contribution is -0.119. The standard InChI is InChI=1S/C19H31N7O2S/c1-4-6-15-13-17(28)26-18(21-15)29-19(22-26)23(3)14-16(27)20-7-8-25-11-9-24(5-2)10-12-25/h13H,4-12,14H2,1-3H3,(H,20,27). The number of rotatable bonds is 9. The van der Waals surface area contributed by atoms with Crippen molar-refractivity contribution in [2.75, 3.05) is 64.3 Å². The molecule has 3 rings (SSSR count). The molecule has 10 heteroatoms. The first-order chi connectivity index (χ1) is 14.0. The van der Waals surface area contributed by atoms with Crippen LogP contribution < -0.4 is 15.8 Å². The molecule has 2 aromatic rings. The van der Waals surface area contributed by atoms with Gasteiger partial charge in [-0.15, -0.1) is 5.10 Å². The molecule has 0 radical (unpaired) electrons. The number of likely N-dealkylation sites (N-methyl/N-ethyl adjacent to an activating group) is 2. The van der Waals surface area contributed by atoms with Crippen LogP contribution in [0.4, 0.5) is 5.13 Å². The number of amides is 1. The number of aryl methyl sites for hydroxylation is 1. The van der Waals surface area contributed by atoms with Gasteiger partial charge in [-0.05, 0) is 13.0 Å². The zero-order chi connectivity index (χ0) is 20.8. The molecular formula is C19H31N7O2S. The summed E-state index contributed by atoms with van der Waals surface area (Å²) in [4.78, 5) is 36.2. The highest BCUT2D eigenvalue weighted by Crippen LogP contribution is 2.20. The third-order valence-electron chi connectivity index (χ3n) is 5.16. The van der Waals surface area contributed by atoms with Crippen molar-refractivity contribution in [3.63, 3.8) is 0 Å². The monoisotopic (exact) mass is 421 g/mol. The van der Waals surface area contributed by atoms with Crippen LogP contribution >= 0.6 is 11.3 Å². The average Bonchev–Trinajstić information content (AvgIpc) is 3.14. The molecule has 3 heterocycles. The topological polar surface area (TPSA) is 86.1 Å². The minimum absolute atomic E-state index is 0.0501. The Bertz CT molecular complexity index is 873. The number of anilines is 1. The summed E-state index contributed by atoms with van der Waals surface area (Å²) in [5.74, 6) is -0.0501. The highest BCUT2D eigenvalue weighted by Gasteiger charge is 2.17. The lowest BCUT2D eigenvalue weighted by atomic mass is 10.2. The van der Waals surface area contributed by atoms with Gasteiger partial charge in [-0.1, -0.05) is 31.6 Å². The predicted molar refractivity (Wildman–Crippen MR) is 116 cm³/mol. The molecular weight excluding hydrogens is 390 g/mol. The number of carbonyl (C=O) groups excluding carboxylic acids is 1. The number of nitrogens with one attached hydrogen (secondary N) is 1. The lowest BCUT2D eigenvalue weighted by Gasteiger charge is -2.33. The number of aromatic nitrogens is 3. The SMILES string of the molecule is CCCc1cc(=O)n2nc(N(C)CC(=O)NCCN3CCN(CC)CC3)sc2n1. The molecule has 1 fully saturated rings. The molecule has 160 valence electrons. The number of fused-ring (bicyclic) bond motifs is 1. The fraction of sp³-hybridized carbons (Fsp3) is 0.684. The Morgan fingerprint density at radius 1 is 1.24 bits per heavy atom. The number of piperazine rings is 1. The van der Waals surface area contributed by atoms with E-state index in [1.807, 2.05) is 0 Å². The summed E-state index contributed by atoms with van der Waals surface area (Å²) >= 11 is 1.32. The molecule has 2 aromatic heterocycles. The molecule has 0 aromatic carbocycles. The van der Waals surface area contributed by atoms with E-state index in [0.717, 1.165) is 57.8 Å². The van der Waals surface area contributed by atoms with E-state index in [0.29, 0.717) is 16.6 Å². The fourth-order valence-corrected chi connectivity index (χ4v) is 4.29. The van der Waals surface area contributed by atoms with Gasteiger partial charge in [0.2, 0.25) is 16.0 Å². The second-order valence-electron chi connectivity index (χ2n) is 7.40. The number of carbonyl (C=O) groups is 1. The Morgan fingerprint density at radius 2 is 1.97 bits per heavy atom. The quantitative estimate of drug-likeness (QED) is 0.623. The maximum atomic E-state index is 12.3. The van der Waals surface area contributed by atoms with Crippen LogP contribution in [-0.2, 0) is 11.2 Å². The van der Waals surface area contributed by atoms with Crippen LogP contribution in [0.1, 0.15) is 26.0 Å². The molecule has 1 N–H and O–H groups in total. The second-order valence-corrected chi connectivity index (χ2v) is 8.33. The molecule has 0 aliphatic carbocycles. The van der Waals surface area contributed by atoms with E-state index in [1.54, 1.807) is 11.9 Å². The number of hydrogen-bond acceptors (Lipinski definition) is 8. The van der Waals surface area contributed by atoms with Crippen molar-refractivity contribution >= 4 is 27.3 Å². The average molecular weight is 422 g/mol. The van der Waals surface area contributed by atoms with Gasteiger partial charge >= 0.3 is 0 Å². The summed E-state index contributed by atoms with van der Waals surface area (Å²) < 4.78 is 1.31. The van der Waals surface area contributed by atoms with Gasteiger partial charge in [-0.3, -0.25) is 14.5 Å². The van der Waals surface area contributed by atoms with Crippen LogP contribution in [0.25, 0.3) is 4.96 Å². The van der Waals surface area contributed by atoms with Crippen LogP contribution in [0.15, 0.2) is 10.9 Å². The van der Waals surface area contributed by atoms with Crippen molar-refractivity contribution in [2.24, 2.45) is 0 Å². The Kier molecular flexibility index (Phi) is 7.57. The van der Waals surface area contributed by atoms with Crippen LogP contribution in [0.2, 0.25) is 0 Å². The molecule has 0 atom stereocenters. The second kappa shape index (κ2) is 10.1. The lowest BCUT2D eigenvalue weighted by Crippen LogP contribution is -2.48. The molecule has 9 nitrogen and oxygen atoms in total. The van der Waals surface area contributed by atoms with Crippen LogP contribution in [0.5, 0.6) is 0 Å². The summed E-state index contributed by atoms with van der Waals surface area (Å²) in [6.07, 6.45) is 1.70. The fourth-order valence-electron chi connectivity index (χ4n) is 3.41. The Morgan fingerprint density at radius 3 is 2.66 bits per heavy atom. The van der Waals surface area contributed by atoms with Gasteiger partial charge in [0.15, 0.2) is 0 Å². The highest BCUT2D eigenvalue weighted by atomic mass is 32.1. The van der Waals surface area contributed by atoms with Crippen LogP contribution in [-0.4, -0.2) is 89.7 Å². The Hall–Kier alpha value is -2.04. The van der Waals surface area contributed by atoms with Gasteiger partial charge in [-0.2, -0.15) is 4.52 Å². The van der Waals surface area contributed by atoms with E-state index < -0.39 is 0 Å². The number of nitrogens with zero attached hydrogens (tertiary/aromatic N) is 6. The molecule has 0 spiro atoms. The molecule has 1 saturated heterocycles. The maximum Gasteiger partial charge on any atom is 0.275 e. The molecule has 0 saturated carbocycles. The van der Waals surface area contributed by atoms with Crippen LogP contribution in [0.3, 0.4) is 0 Å². The van der Waals surface area contributed by atoms with Gasteiger partial charge in [0, 0.05) is 58.1 Å². The first-order valence-electron chi connectivity index (χ1n) is 10.3. The predicted octanol–water partition coefficient (Wildman–Crippen LogP) is 0.293. The first kappa shape index (κ1) is 21.7. The van der Waals surface area contributed by atoms with Gasteiger partial charge in [-0.25, -0.2) is 4.98 Å². The third-order valence-corrected chi connectivity index (χ3v) is 6.19. The minimum atomic E-state index is -0.179. The summed E-state index contributed by atoms with van der Waals surface area (Å²) in [6, 6.07) is 1.53. The third kappa shape index (κ3) is 5.74. The molecule has 29 heavy (non-hydrogen) atoms. The largest absolute Gasteiger partial charge is 0.353 e. The van der Waals surface area contributed by atoms with E-state index in [1.165, 1.54) is 21.9 Å².